The molecule has 2 amide bonds. The smallest absolute Gasteiger partial charge is 0.243 e. The quantitative estimate of drug-likeness (QED) is 0.864. The molecule has 1 fully saturated rings. The van der Waals surface area contributed by atoms with Crippen LogP contribution in [-0.4, -0.2) is 25.4 Å². The molecule has 5 heteroatoms. The predicted octanol–water partition coefficient (Wildman–Crippen LogP) is 2.70. The number of hydrogen-bond donors (Lipinski definition) is 1. The zero-order chi connectivity index (χ0) is 18.1. The van der Waals surface area contributed by atoms with Gasteiger partial charge in [0, 0.05) is 25.7 Å². The number of aryl methyl sites for hydroxylation is 2. The average Bonchev–Trinajstić information content (AvgIpc) is 3.28. The Morgan fingerprint density at radius 3 is 2.69 bits per heavy atom. The van der Waals surface area contributed by atoms with E-state index in [1.807, 2.05) is 43.4 Å². The third kappa shape index (κ3) is 3.17. The van der Waals surface area contributed by atoms with Crippen LogP contribution in [0.3, 0.4) is 0 Å². The Morgan fingerprint density at radius 1 is 1.12 bits per heavy atom. The number of carbonyl (C=O) groups is 2. The summed E-state index contributed by atoms with van der Waals surface area (Å²) in [6, 6.07) is 15.9. The molecule has 1 heterocycles. The molecule has 0 saturated carbocycles. The van der Waals surface area contributed by atoms with Crippen molar-refractivity contribution < 1.29 is 9.59 Å². The van der Waals surface area contributed by atoms with Crippen molar-refractivity contribution in [2.45, 2.75) is 25.7 Å². The Labute approximate surface area is 153 Å². The molecule has 26 heavy (non-hydrogen) atoms. The van der Waals surface area contributed by atoms with Gasteiger partial charge in [-0.05, 0) is 54.7 Å². The first-order valence-electron chi connectivity index (χ1n) is 9.13. The second-order valence-electron chi connectivity index (χ2n) is 7.08. The standard InChI is InChI=1S/C21H23N3O2/c1-23(18-8-3-2-4-9-18)22-21(26)17-13-20(25)24(14-17)19-11-10-15-6-5-7-16(15)12-19/h2-4,8-12,17H,5-7,13-14H2,1H3,(H,22,26)/t17-/m1/s1. The number of anilines is 2. The maximum absolute atomic E-state index is 12.6. The fourth-order valence-electron chi connectivity index (χ4n) is 3.83. The Morgan fingerprint density at radius 2 is 1.88 bits per heavy atom. The SMILES string of the molecule is CN(NC(=O)[C@@H]1CC(=O)N(c2ccc3c(c2)CCC3)C1)c1ccccc1. The fraction of sp³-hybridized carbons (Fsp3) is 0.333. The Bertz CT molecular complexity index is 834. The first-order chi connectivity index (χ1) is 12.6. The highest BCUT2D eigenvalue weighted by molar-refractivity contribution is 6.00. The largest absolute Gasteiger partial charge is 0.312 e. The molecular weight excluding hydrogens is 326 g/mol. The van der Waals surface area contributed by atoms with Gasteiger partial charge < -0.3 is 4.90 Å². The molecule has 1 saturated heterocycles. The maximum atomic E-state index is 12.6. The van der Waals surface area contributed by atoms with Crippen LogP contribution in [0.4, 0.5) is 11.4 Å². The van der Waals surface area contributed by atoms with Crippen LogP contribution in [0.25, 0.3) is 0 Å². The van der Waals surface area contributed by atoms with E-state index in [0.717, 1.165) is 24.2 Å². The van der Waals surface area contributed by atoms with Gasteiger partial charge in [0.25, 0.3) is 0 Å². The van der Waals surface area contributed by atoms with E-state index in [1.165, 1.54) is 17.5 Å². The van der Waals surface area contributed by atoms with Gasteiger partial charge in [0.15, 0.2) is 0 Å². The van der Waals surface area contributed by atoms with Crippen molar-refractivity contribution in [2.24, 2.45) is 5.92 Å². The topological polar surface area (TPSA) is 52.7 Å². The first-order valence-corrected chi connectivity index (χ1v) is 9.13. The summed E-state index contributed by atoms with van der Waals surface area (Å²) in [7, 11) is 1.81. The summed E-state index contributed by atoms with van der Waals surface area (Å²) < 4.78 is 0. The number of nitrogens with one attached hydrogen (secondary N) is 1. The minimum absolute atomic E-state index is 0.0189. The van der Waals surface area contributed by atoms with E-state index in [9.17, 15) is 9.59 Å². The van der Waals surface area contributed by atoms with Crippen molar-refractivity contribution in [3.8, 4) is 0 Å². The van der Waals surface area contributed by atoms with E-state index >= 15 is 0 Å². The number of carbonyl (C=O) groups excluding carboxylic acids is 2. The molecule has 1 aliphatic carbocycles. The first kappa shape index (κ1) is 16.6. The van der Waals surface area contributed by atoms with Crippen LogP contribution in [-0.2, 0) is 22.4 Å². The zero-order valence-electron chi connectivity index (χ0n) is 14.9. The fourth-order valence-corrected chi connectivity index (χ4v) is 3.83. The summed E-state index contributed by atoms with van der Waals surface area (Å²) in [6.45, 7) is 0.437. The lowest BCUT2D eigenvalue weighted by molar-refractivity contribution is -0.126. The number of fused-ring (bicyclic) bond motifs is 1. The number of hydrogen-bond acceptors (Lipinski definition) is 3. The number of hydrazine groups is 1. The van der Waals surface area contributed by atoms with Gasteiger partial charge in [0.1, 0.15) is 0 Å². The monoisotopic (exact) mass is 349 g/mol. The van der Waals surface area contributed by atoms with E-state index in [1.54, 1.807) is 9.91 Å². The van der Waals surface area contributed by atoms with Crippen molar-refractivity contribution >= 4 is 23.2 Å². The lowest BCUT2D eigenvalue weighted by Gasteiger charge is -2.22. The van der Waals surface area contributed by atoms with E-state index in [-0.39, 0.29) is 24.2 Å². The Hall–Kier alpha value is -2.82. The number of rotatable bonds is 4. The normalized spacial score (nSPS) is 18.7. The molecule has 1 aliphatic heterocycles. The van der Waals surface area contributed by atoms with Gasteiger partial charge in [-0.2, -0.15) is 0 Å². The minimum atomic E-state index is -0.332. The number of para-hydroxylation sites is 1. The summed E-state index contributed by atoms with van der Waals surface area (Å²) in [6.07, 6.45) is 3.65. The highest BCUT2D eigenvalue weighted by Gasteiger charge is 2.35. The average molecular weight is 349 g/mol. The van der Waals surface area contributed by atoms with Crippen molar-refractivity contribution in [3.05, 3.63) is 59.7 Å². The highest BCUT2D eigenvalue weighted by atomic mass is 16.2. The molecule has 2 aliphatic rings. The van der Waals surface area contributed by atoms with E-state index in [2.05, 4.69) is 17.6 Å². The van der Waals surface area contributed by atoms with Gasteiger partial charge in [-0.25, -0.2) is 0 Å². The minimum Gasteiger partial charge on any atom is -0.312 e. The van der Waals surface area contributed by atoms with Crippen LogP contribution in [0.15, 0.2) is 48.5 Å². The summed E-state index contributed by atoms with van der Waals surface area (Å²) in [4.78, 5) is 26.8. The second kappa shape index (κ2) is 6.83. The van der Waals surface area contributed by atoms with Crippen molar-refractivity contribution in [3.63, 3.8) is 0 Å². The molecular formula is C21H23N3O2. The number of amides is 2. The van der Waals surface area contributed by atoms with E-state index in [0.29, 0.717) is 6.54 Å². The zero-order valence-corrected chi connectivity index (χ0v) is 14.9. The molecule has 1 N–H and O–H groups in total. The van der Waals surface area contributed by atoms with Crippen LogP contribution in [0.1, 0.15) is 24.0 Å². The summed E-state index contributed by atoms with van der Waals surface area (Å²) in [5.74, 6) is -0.430. The lowest BCUT2D eigenvalue weighted by atomic mass is 10.1. The number of benzene rings is 2. The van der Waals surface area contributed by atoms with Crippen molar-refractivity contribution in [1.82, 2.24) is 5.43 Å². The van der Waals surface area contributed by atoms with Gasteiger partial charge in [-0.15, -0.1) is 0 Å². The van der Waals surface area contributed by atoms with E-state index in [4.69, 9.17) is 0 Å². The third-order valence-electron chi connectivity index (χ3n) is 5.31. The van der Waals surface area contributed by atoms with Gasteiger partial charge in [0.2, 0.25) is 11.8 Å². The predicted molar refractivity (Wildman–Crippen MR) is 102 cm³/mol. The summed E-state index contributed by atoms with van der Waals surface area (Å²) in [5, 5.41) is 1.70. The van der Waals surface area contributed by atoms with E-state index < -0.39 is 0 Å². The summed E-state index contributed by atoms with van der Waals surface area (Å²) in [5.41, 5.74) is 7.44. The van der Waals surface area contributed by atoms with Crippen LogP contribution in [0.2, 0.25) is 0 Å². The third-order valence-corrected chi connectivity index (χ3v) is 5.31. The molecule has 2 aromatic carbocycles. The Kier molecular flexibility index (Phi) is 4.37. The van der Waals surface area contributed by atoms with Crippen LogP contribution in [0, 0.1) is 5.92 Å². The molecule has 0 radical (unpaired) electrons. The highest BCUT2D eigenvalue weighted by Crippen LogP contribution is 2.30. The van der Waals surface area contributed by atoms with Crippen LogP contribution < -0.4 is 15.3 Å². The molecule has 5 nitrogen and oxygen atoms in total. The molecule has 134 valence electrons. The van der Waals surface area contributed by atoms with Crippen molar-refractivity contribution in [1.29, 1.82) is 0 Å². The van der Waals surface area contributed by atoms with Crippen LogP contribution >= 0.6 is 0 Å². The number of nitrogens with zero attached hydrogens (tertiary/aromatic N) is 2. The summed E-state index contributed by atoms with van der Waals surface area (Å²) >= 11 is 0. The van der Waals surface area contributed by atoms with Crippen molar-refractivity contribution in [2.75, 3.05) is 23.5 Å². The van der Waals surface area contributed by atoms with Gasteiger partial charge in [0.05, 0.1) is 11.6 Å². The Balaban J connectivity index is 1.43. The molecule has 0 spiro atoms. The molecule has 4 rings (SSSR count). The molecule has 2 aromatic rings. The molecule has 0 aromatic heterocycles. The van der Waals surface area contributed by atoms with Crippen LogP contribution in [0.5, 0.6) is 0 Å². The maximum Gasteiger partial charge on any atom is 0.243 e. The lowest BCUT2D eigenvalue weighted by Crippen LogP contribution is -2.43. The van der Waals surface area contributed by atoms with Gasteiger partial charge >= 0.3 is 0 Å². The molecule has 0 unspecified atom stereocenters. The van der Waals surface area contributed by atoms with Gasteiger partial charge in [-0.3, -0.25) is 20.0 Å². The molecule has 1 atom stereocenters. The molecule has 0 bridgehead atoms. The second-order valence-corrected chi connectivity index (χ2v) is 7.08. The van der Waals surface area contributed by atoms with Gasteiger partial charge in [-0.1, -0.05) is 24.3 Å².